The molecule has 5 nitrogen and oxygen atoms in total. The highest BCUT2D eigenvalue weighted by atomic mass is 16.5. The van der Waals surface area contributed by atoms with Gasteiger partial charge < -0.3 is 14.8 Å². The van der Waals surface area contributed by atoms with Crippen molar-refractivity contribution in [2.75, 3.05) is 14.1 Å². The van der Waals surface area contributed by atoms with Crippen LogP contribution in [0.3, 0.4) is 0 Å². The van der Waals surface area contributed by atoms with Gasteiger partial charge in [0.1, 0.15) is 18.1 Å². The summed E-state index contributed by atoms with van der Waals surface area (Å²) in [6.45, 7) is 4.13. The van der Waals surface area contributed by atoms with Crippen molar-refractivity contribution in [1.82, 2.24) is 5.32 Å². The molecule has 3 aromatic rings. The number of ketones is 1. The number of carbonyl (C=O) groups excluding carboxylic acids is 1. The molecule has 0 amide bonds. The zero-order valence-corrected chi connectivity index (χ0v) is 17.1. The molecule has 0 bridgehead atoms. The van der Waals surface area contributed by atoms with Crippen LogP contribution in [0, 0.1) is 11.3 Å². The maximum absolute atomic E-state index is 12.6. The molecule has 0 saturated carbocycles. The van der Waals surface area contributed by atoms with E-state index in [-0.39, 0.29) is 11.5 Å². The fourth-order valence-electron chi connectivity index (χ4n) is 2.42. The molecule has 0 spiro atoms. The first-order valence-corrected chi connectivity index (χ1v) is 9.34. The maximum atomic E-state index is 12.6. The fourth-order valence-corrected chi connectivity index (χ4v) is 2.42. The Morgan fingerprint density at radius 3 is 2.27 bits per heavy atom. The van der Waals surface area contributed by atoms with E-state index in [9.17, 15) is 4.79 Å². The molecule has 0 saturated heterocycles. The second-order valence-electron chi connectivity index (χ2n) is 6.29. The van der Waals surface area contributed by atoms with Crippen molar-refractivity contribution in [3.8, 4) is 17.6 Å². The molecule has 3 aromatic carbocycles. The molecule has 0 aliphatic heterocycles. The minimum absolute atomic E-state index is 0.0000768. The van der Waals surface area contributed by atoms with Crippen LogP contribution in [0.5, 0.6) is 11.5 Å². The van der Waals surface area contributed by atoms with Crippen LogP contribution in [0.2, 0.25) is 0 Å². The number of nitrogens with one attached hydrogen (secondary N) is 1. The number of nitrogens with zero attached hydrogens (tertiary/aromatic N) is 1. The van der Waals surface area contributed by atoms with Gasteiger partial charge in [-0.3, -0.25) is 4.79 Å². The van der Waals surface area contributed by atoms with Gasteiger partial charge in [-0.15, -0.1) is 0 Å². The molecule has 5 heteroatoms. The summed E-state index contributed by atoms with van der Waals surface area (Å²) in [4.78, 5) is 12.6. The molecule has 3 rings (SSSR count). The number of allylic oxidation sites excluding steroid dienone is 1. The monoisotopic (exact) mass is 400 g/mol. The first kappa shape index (κ1) is 22.4. The summed E-state index contributed by atoms with van der Waals surface area (Å²) in [5, 5.41) is 11.6. The molecule has 0 fully saturated rings. The molecule has 152 valence electrons. The summed E-state index contributed by atoms with van der Waals surface area (Å²) in [5.41, 5.74) is 1.99. The van der Waals surface area contributed by atoms with Gasteiger partial charge in [0, 0.05) is 5.56 Å². The molecule has 30 heavy (non-hydrogen) atoms. The Morgan fingerprint density at radius 2 is 1.63 bits per heavy atom. The van der Waals surface area contributed by atoms with E-state index in [4.69, 9.17) is 14.7 Å². The van der Waals surface area contributed by atoms with Gasteiger partial charge in [0.15, 0.2) is 5.76 Å². The third-order valence-corrected chi connectivity index (χ3v) is 3.82. The molecule has 0 aliphatic carbocycles. The van der Waals surface area contributed by atoms with Crippen LogP contribution in [0.1, 0.15) is 21.5 Å². The predicted molar refractivity (Wildman–Crippen MR) is 117 cm³/mol. The predicted octanol–water partition coefficient (Wildman–Crippen LogP) is 4.75. The van der Waals surface area contributed by atoms with Crippen molar-refractivity contribution in [2.45, 2.75) is 6.61 Å². The lowest BCUT2D eigenvalue weighted by atomic mass is 10.1. The largest absolute Gasteiger partial charge is 0.489 e. The van der Waals surface area contributed by atoms with Gasteiger partial charge in [0.2, 0.25) is 5.78 Å². The number of ether oxygens (including phenoxy) is 2. The third kappa shape index (κ3) is 6.93. The van der Waals surface area contributed by atoms with Crippen molar-refractivity contribution in [1.29, 1.82) is 5.26 Å². The smallest absolute Gasteiger partial charge is 0.227 e. The van der Waals surface area contributed by atoms with Crippen molar-refractivity contribution in [3.63, 3.8) is 0 Å². The topological polar surface area (TPSA) is 71.3 Å². The van der Waals surface area contributed by atoms with Crippen molar-refractivity contribution in [3.05, 3.63) is 108 Å². The molecule has 0 radical (unpaired) electrons. The van der Waals surface area contributed by atoms with Gasteiger partial charge in [0.25, 0.3) is 0 Å². The van der Waals surface area contributed by atoms with Gasteiger partial charge in [-0.1, -0.05) is 49.0 Å². The lowest BCUT2D eigenvalue weighted by Gasteiger charge is -2.10. The Kier molecular flexibility index (Phi) is 8.85. The molecule has 0 unspecified atom stereocenters. The van der Waals surface area contributed by atoms with E-state index in [0.717, 1.165) is 5.56 Å². The molecule has 0 aromatic heterocycles. The van der Waals surface area contributed by atoms with Crippen LogP contribution in [0.15, 0.2) is 91.2 Å². The average Bonchev–Trinajstić information content (AvgIpc) is 2.79. The van der Waals surface area contributed by atoms with E-state index >= 15 is 0 Å². The highest BCUT2D eigenvalue weighted by Crippen LogP contribution is 2.20. The van der Waals surface area contributed by atoms with Crippen molar-refractivity contribution >= 4 is 5.78 Å². The van der Waals surface area contributed by atoms with Gasteiger partial charge in [-0.05, 0) is 56.1 Å². The summed E-state index contributed by atoms with van der Waals surface area (Å²) in [5.74, 6) is 0.712. The van der Waals surface area contributed by atoms with E-state index in [2.05, 4.69) is 11.9 Å². The van der Waals surface area contributed by atoms with E-state index in [1.165, 1.54) is 0 Å². The quantitative estimate of drug-likeness (QED) is 0.352. The van der Waals surface area contributed by atoms with E-state index in [1.807, 2.05) is 50.5 Å². The number of benzene rings is 3. The summed E-state index contributed by atoms with van der Waals surface area (Å²) in [7, 11) is 3.75. The van der Waals surface area contributed by atoms with Crippen LogP contribution in [-0.2, 0) is 6.61 Å². The Labute approximate surface area is 177 Å². The Hall–Kier alpha value is -3.88. The number of carbonyl (C=O) groups is 1. The van der Waals surface area contributed by atoms with Gasteiger partial charge in [0.05, 0.1) is 11.6 Å². The zero-order valence-electron chi connectivity index (χ0n) is 17.1. The lowest BCUT2D eigenvalue weighted by Crippen LogP contribution is -2.08. The number of rotatable bonds is 7. The second kappa shape index (κ2) is 11.8. The molecule has 0 atom stereocenters. The van der Waals surface area contributed by atoms with Gasteiger partial charge in [-0.2, -0.15) is 5.26 Å². The highest BCUT2D eigenvalue weighted by molar-refractivity contribution is 6.07. The molecule has 1 N–H and O–H groups in total. The maximum Gasteiger partial charge on any atom is 0.227 e. The lowest BCUT2D eigenvalue weighted by molar-refractivity contribution is 0.0986. The van der Waals surface area contributed by atoms with Crippen LogP contribution >= 0.6 is 0 Å². The molecular formula is C25H24N2O3. The number of Topliss-reactive ketones (excluding diaryl/α,β-unsaturated/α-hetero) is 1. The Morgan fingerprint density at radius 1 is 0.967 bits per heavy atom. The minimum atomic E-state index is -0.329. The molecular weight excluding hydrogens is 376 g/mol. The second-order valence-corrected chi connectivity index (χ2v) is 6.29. The van der Waals surface area contributed by atoms with Crippen LogP contribution < -0.4 is 14.8 Å². The Bertz CT molecular complexity index is 1010. The van der Waals surface area contributed by atoms with Crippen LogP contribution in [0.4, 0.5) is 0 Å². The van der Waals surface area contributed by atoms with Crippen molar-refractivity contribution in [2.24, 2.45) is 0 Å². The van der Waals surface area contributed by atoms with E-state index < -0.39 is 0 Å². The average molecular weight is 400 g/mol. The van der Waals surface area contributed by atoms with Crippen molar-refractivity contribution < 1.29 is 14.3 Å². The first-order valence-electron chi connectivity index (χ1n) is 9.34. The number of hydrogen-bond acceptors (Lipinski definition) is 5. The fraction of sp³-hybridized carbons (Fsp3) is 0.120. The third-order valence-electron chi connectivity index (χ3n) is 3.82. The van der Waals surface area contributed by atoms with Crippen LogP contribution in [-0.4, -0.2) is 19.9 Å². The summed E-state index contributed by atoms with van der Waals surface area (Å²) < 4.78 is 11.3. The standard InChI is InChI=1S/C23H17NO3.C2H7N/c1-17(27-21-12-10-18(15-24)11-13-21)23(25)20-8-5-9-22(14-20)26-16-19-6-3-2-4-7-19;1-3-2/h2-14H,1,16H2;3H,1-2H3. The summed E-state index contributed by atoms with van der Waals surface area (Å²) >= 11 is 0. The van der Waals surface area contributed by atoms with E-state index in [1.54, 1.807) is 48.5 Å². The molecule has 0 aliphatic rings. The van der Waals surface area contributed by atoms with Gasteiger partial charge >= 0.3 is 0 Å². The normalized spacial score (nSPS) is 9.50. The number of nitriles is 1. The SMILES string of the molecule is C=C(Oc1ccc(C#N)cc1)C(=O)c1cccc(OCc2ccccc2)c1.CNC. The van der Waals surface area contributed by atoms with Crippen LogP contribution in [0.25, 0.3) is 0 Å². The minimum Gasteiger partial charge on any atom is -0.489 e. The molecule has 0 heterocycles. The zero-order chi connectivity index (χ0) is 21.8. The summed E-state index contributed by atoms with van der Waals surface area (Å²) in [6, 6.07) is 25.2. The van der Waals surface area contributed by atoms with Gasteiger partial charge in [-0.25, -0.2) is 0 Å². The Balaban J connectivity index is 0.00000101. The first-order chi connectivity index (χ1) is 14.6. The van der Waals surface area contributed by atoms with E-state index in [0.29, 0.717) is 29.2 Å². The number of hydrogen-bond donors (Lipinski definition) is 1. The summed E-state index contributed by atoms with van der Waals surface area (Å²) in [6.07, 6.45) is 0. The highest BCUT2D eigenvalue weighted by Gasteiger charge is 2.13.